The van der Waals surface area contributed by atoms with Crippen LogP contribution in [0, 0.1) is 0 Å². The maximum atomic E-state index is 5.98. The van der Waals surface area contributed by atoms with Crippen molar-refractivity contribution >= 4 is 28.9 Å². The maximum Gasteiger partial charge on any atom is 0.208 e. The normalized spacial score (nSPS) is 23.5. The quantitative estimate of drug-likeness (QED) is 0.839. The van der Waals surface area contributed by atoms with Crippen LogP contribution in [0.3, 0.4) is 0 Å². The molecule has 1 atom stereocenters. The molecule has 1 aromatic rings. The van der Waals surface area contributed by atoms with Gasteiger partial charge in [0.05, 0.1) is 22.3 Å². The highest BCUT2D eigenvalue weighted by Crippen LogP contribution is 2.34. The number of halogens is 2. The minimum Gasteiger partial charge on any atom is -0.346 e. The van der Waals surface area contributed by atoms with Crippen molar-refractivity contribution in [2.24, 2.45) is 0 Å². The minimum atomic E-state index is -0.246. The molecule has 0 bridgehead atoms. The summed E-state index contributed by atoms with van der Waals surface area (Å²) in [4.78, 5) is 5.29. The number of rotatable bonds is 1. The number of ether oxygens (including phenoxy) is 1. The van der Waals surface area contributed by atoms with Crippen molar-refractivity contribution in [2.45, 2.75) is 12.7 Å². The smallest absolute Gasteiger partial charge is 0.208 e. The Morgan fingerprint density at radius 3 is 2.94 bits per heavy atom. The molecule has 5 heteroatoms. The highest BCUT2D eigenvalue weighted by atomic mass is 35.5. The molecule has 3 nitrogen and oxygen atoms in total. The van der Waals surface area contributed by atoms with Gasteiger partial charge in [-0.25, -0.2) is 4.84 Å². The van der Waals surface area contributed by atoms with Crippen molar-refractivity contribution in [3.05, 3.63) is 39.4 Å². The van der Waals surface area contributed by atoms with Crippen molar-refractivity contribution in [1.29, 1.82) is 0 Å². The van der Waals surface area contributed by atoms with Crippen molar-refractivity contribution in [3.63, 3.8) is 0 Å². The van der Waals surface area contributed by atoms with Gasteiger partial charge in [0.25, 0.3) is 0 Å². The second-order valence-electron chi connectivity index (χ2n) is 3.70. The second kappa shape index (κ2) is 3.93. The van der Waals surface area contributed by atoms with Crippen molar-refractivity contribution in [2.75, 3.05) is 6.61 Å². The van der Waals surface area contributed by atoms with Crippen LogP contribution < -0.4 is 5.48 Å². The van der Waals surface area contributed by atoms with E-state index < -0.39 is 0 Å². The van der Waals surface area contributed by atoms with Gasteiger partial charge in [-0.2, -0.15) is 0 Å². The Kier molecular flexibility index (Phi) is 2.56. The summed E-state index contributed by atoms with van der Waals surface area (Å²) in [7, 11) is 0. The zero-order valence-electron chi connectivity index (χ0n) is 8.30. The van der Waals surface area contributed by atoms with Crippen LogP contribution in [0.4, 0.5) is 0 Å². The van der Waals surface area contributed by atoms with Gasteiger partial charge >= 0.3 is 0 Å². The molecule has 0 aliphatic carbocycles. The molecule has 16 heavy (non-hydrogen) atoms. The number of hydrogen-bond donors (Lipinski definition) is 1. The zero-order chi connectivity index (χ0) is 11.1. The Hall–Kier alpha value is -0.740. The van der Waals surface area contributed by atoms with Crippen LogP contribution in [0.15, 0.2) is 23.8 Å². The van der Waals surface area contributed by atoms with Crippen LogP contribution in [0.25, 0.3) is 5.70 Å². The third kappa shape index (κ3) is 1.60. The lowest BCUT2D eigenvalue weighted by molar-refractivity contribution is -0.109. The van der Waals surface area contributed by atoms with E-state index in [1.807, 2.05) is 12.1 Å². The molecule has 0 saturated carbocycles. The molecular formula is C11H9Cl2NO2. The molecule has 2 aliphatic rings. The molecule has 1 unspecified atom stereocenters. The molecule has 0 aromatic heterocycles. The van der Waals surface area contributed by atoms with Gasteiger partial charge in [-0.3, -0.25) is 5.48 Å². The van der Waals surface area contributed by atoms with Crippen LogP contribution in [-0.4, -0.2) is 12.9 Å². The van der Waals surface area contributed by atoms with E-state index in [0.29, 0.717) is 16.7 Å². The van der Waals surface area contributed by atoms with E-state index in [2.05, 4.69) is 5.48 Å². The first-order valence-corrected chi connectivity index (χ1v) is 5.73. The first kappa shape index (κ1) is 10.4. The Morgan fingerprint density at radius 1 is 1.25 bits per heavy atom. The third-order valence-corrected chi connectivity index (χ3v) is 3.46. The van der Waals surface area contributed by atoms with Gasteiger partial charge < -0.3 is 4.74 Å². The summed E-state index contributed by atoms with van der Waals surface area (Å²) in [6.45, 7) is 0.701. The summed E-state index contributed by atoms with van der Waals surface area (Å²) in [5.74, 6) is 0. The van der Waals surface area contributed by atoms with Crippen LogP contribution >= 0.6 is 23.2 Å². The largest absolute Gasteiger partial charge is 0.346 e. The number of nitrogens with one attached hydrogen (secondary N) is 1. The standard InChI is InChI=1S/C11H9Cl2NO2/c12-8-2-1-6(5-9(8)13)10-7-3-4-15-11(7)16-14-10/h1-2,5,11,14H,3-4H2. The second-order valence-corrected chi connectivity index (χ2v) is 4.52. The lowest BCUT2D eigenvalue weighted by atomic mass is 10.1. The van der Waals surface area contributed by atoms with Crippen LogP contribution in [0.1, 0.15) is 12.0 Å². The predicted octanol–water partition coefficient (Wildman–Crippen LogP) is 2.99. The van der Waals surface area contributed by atoms with Crippen molar-refractivity contribution < 1.29 is 9.57 Å². The fraction of sp³-hybridized carbons (Fsp3) is 0.273. The Balaban J connectivity index is 2.03. The molecule has 0 amide bonds. The van der Waals surface area contributed by atoms with Crippen LogP contribution in [0.2, 0.25) is 10.0 Å². The minimum absolute atomic E-state index is 0.246. The summed E-state index contributed by atoms with van der Waals surface area (Å²) < 4.78 is 5.38. The van der Waals surface area contributed by atoms with E-state index >= 15 is 0 Å². The zero-order valence-corrected chi connectivity index (χ0v) is 9.81. The highest BCUT2D eigenvalue weighted by Gasteiger charge is 2.32. The number of hydroxylamine groups is 1. The van der Waals surface area contributed by atoms with Gasteiger partial charge in [0.1, 0.15) is 0 Å². The predicted molar refractivity (Wildman–Crippen MR) is 62.0 cm³/mol. The Bertz CT molecular complexity index is 473. The van der Waals surface area contributed by atoms with E-state index in [1.54, 1.807) is 6.07 Å². The molecular weight excluding hydrogens is 249 g/mol. The first-order chi connectivity index (χ1) is 7.75. The lowest BCUT2D eigenvalue weighted by Crippen LogP contribution is -2.13. The third-order valence-electron chi connectivity index (χ3n) is 2.72. The SMILES string of the molecule is Clc1ccc(C2=C3CCOC3ON2)cc1Cl. The van der Waals surface area contributed by atoms with Gasteiger partial charge in [0, 0.05) is 11.1 Å². The van der Waals surface area contributed by atoms with E-state index in [-0.39, 0.29) is 6.29 Å². The summed E-state index contributed by atoms with van der Waals surface area (Å²) >= 11 is 11.9. The Labute approximate surface area is 103 Å². The Morgan fingerprint density at radius 2 is 2.12 bits per heavy atom. The summed E-state index contributed by atoms with van der Waals surface area (Å²) in [5.41, 5.74) is 5.93. The van der Waals surface area contributed by atoms with E-state index in [9.17, 15) is 0 Å². The van der Waals surface area contributed by atoms with E-state index in [4.69, 9.17) is 32.8 Å². The topological polar surface area (TPSA) is 30.5 Å². The molecule has 1 fully saturated rings. The molecule has 1 aromatic carbocycles. The fourth-order valence-corrected chi connectivity index (χ4v) is 2.21. The average Bonchev–Trinajstić information content (AvgIpc) is 2.83. The maximum absolute atomic E-state index is 5.98. The highest BCUT2D eigenvalue weighted by molar-refractivity contribution is 6.42. The summed E-state index contributed by atoms with van der Waals surface area (Å²) in [6.07, 6.45) is 0.636. The molecule has 2 heterocycles. The van der Waals surface area contributed by atoms with Gasteiger partial charge in [0.15, 0.2) is 0 Å². The molecule has 3 rings (SSSR count). The molecule has 1 saturated heterocycles. The lowest BCUT2D eigenvalue weighted by Gasteiger charge is -2.06. The average molecular weight is 258 g/mol. The molecule has 1 N–H and O–H groups in total. The summed E-state index contributed by atoms with van der Waals surface area (Å²) in [5, 5.41) is 1.09. The molecule has 0 spiro atoms. The monoisotopic (exact) mass is 257 g/mol. The van der Waals surface area contributed by atoms with Crippen LogP contribution in [0.5, 0.6) is 0 Å². The van der Waals surface area contributed by atoms with Crippen molar-refractivity contribution in [3.8, 4) is 0 Å². The first-order valence-electron chi connectivity index (χ1n) is 4.97. The van der Waals surface area contributed by atoms with E-state index in [1.165, 1.54) is 0 Å². The van der Waals surface area contributed by atoms with E-state index in [0.717, 1.165) is 23.3 Å². The van der Waals surface area contributed by atoms with Gasteiger partial charge in [-0.1, -0.05) is 29.3 Å². The van der Waals surface area contributed by atoms with Crippen LogP contribution in [-0.2, 0) is 9.57 Å². The molecule has 84 valence electrons. The van der Waals surface area contributed by atoms with Gasteiger partial charge in [-0.15, -0.1) is 0 Å². The molecule has 0 radical (unpaired) electrons. The van der Waals surface area contributed by atoms with Gasteiger partial charge in [-0.05, 0) is 18.6 Å². The van der Waals surface area contributed by atoms with Gasteiger partial charge in [0.2, 0.25) is 6.29 Å². The number of benzene rings is 1. The van der Waals surface area contributed by atoms with Crippen molar-refractivity contribution in [1.82, 2.24) is 5.48 Å². The fourth-order valence-electron chi connectivity index (χ4n) is 1.92. The number of fused-ring (bicyclic) bond motifs is 1. The number of hydrogen-bond acceptors (Lipinski definition) is 3. The summed E-state index contributed by atoms with van der Waals surface area (Å²) in [6, 6.07) is 5.51. The molecule has 2 aliphatic heterocycles.